The molecule has 0 aliphatic heterocycles. The fourth-order valence-corrected chi connectivity index (χ4v) is 2.41. The van der Waals surface area contributed by atoms with Crippen LogP contribution in [-0.4, -0.2) is 21.0 Å². The molecule has 0 aliphatic carbocycles. The molecule has 2 rings (SSSR count). The molecule has 0 spiro atoms. The predicted molar refractivity (Wildman–Crippen MR) is 71.8 cm³/mol. The van der Waals surface area contributed by atoms with Crippen LogP contribution in [0.4, 0.5) is 5.95 Å². The molecule has 0 saturated carbocycles. The number of anilines is 1. The first-order chi connectivity index (χ1) is 8.02. The molecule has 0 radical (unpaired) electrons. The quantitative estimate of drug-likeness (QED) is 0.830. The Balaban J connectivity index is 2.63. The molecule has 0 unspecified atom stereocenters. The van der Waals surface area contributed by atoms with E-state index in [9.17, 15) is 0 Å². The Morgan fingerprint density at radius 3 is 2.24 bits per heavy atom. The van der Waals surface area contributed by atoms with Gasteiger partial charge in [0.15, 0.2) is 0 Å². The largest absolute Gasteiger partial charge is 0.368 e. The normalized spacial score (nSPS) is 10.8. The fraction of sp³-hybridized carbons (Fsp3) is 0.333. The average Bonchev–Trinajstić information content (AvgIpc) is 2.59. The topological polar surface area (TPSA) is 56.7 Å². The molecule has 0 aliphatic rings. The molecule has 0 bridgehead atoms. The summed E-state index contributed by atoms with van der Waals surface area (Å²) in [6, 6.07) is 4.25. The molecule has 17 heavy (non-hydrogen) atoms. The third-order valence-electron chi connectivity index (χ3n) is 2.64. The molecular weight excluding hydrogens is 232 g/mol. The van der Waals surface area contributed by atoms with E-state index in [-0.39, 0.29) is 0 Å². The van der Waals surface area contributed by atoms with Gasteiger partial charge in [0.05, 0.1) is 5.69 Å². The van der Waals surface area contributed by atoms with Gasteiger partial charge < -0.3 is 5.73 Å². The Kier molecular flexibility index (Phi) is 3.11. The number of nitrogens with two attached hydrogens (primary N) is 1. The monoisotopic (exact) mass is 248 g/mol. The Morgan fingerprint density at radius 1 is 1.18 bits per heavy atom. The summed E-state index contributed by atoms with van der Waals surface area (Å²) in [6.07, 6.45) is 1.94. The highest BCUT2D eigenvalue weighted by Crippen LogP contribution is 2.23. The number of aryl methyl sites for hydroxylation is 3. The number of rotatable bonds is 2. The lowest BCUT2D eigenvalue weighted by atomic mass is 10.1. The SMILES string of the molecule is CSc1nc(N)n(-c2c(C)cc(C)cc2C)n1. The van der Waals surface area contributed by atoms with Gasteiger partial charge in [0, 0.05) is 0 Å². The number of benzene rings is 1. The van der Waals surface area contributed by atoms with Crippen LogP contribution in [-0.2, 0) is 0 Å². The van der Waals surface area contributed by atoms with Gasteiger partial charge >= 0.3 is 0 Å². The van der Waals surface area contributed by atoms with Crippen LogP contribution in [0.1, 0.15) is 16.7 Å². The molecule has 2 N–H and O–H groups in total. The molecule has 2 aromatic rings. The molecule has 90 valence electrons. The van der Waals surface area contributed by atoms with E-state index < -0.39 is 0 Å². The van der Waals surface area contributed by atoms with E-state index in [1.807, 2.05) is 6.26 Å². The summed E-state index contributed by atoms with van der Waals surface area (Å²) in [6.45, 7) is 6.21. The predicted octanol–water partition coefficient (Wildman–Crippen LogP) is 2.50. The van der Waals surface area contributed by atoms with Crippen molar-refractivity contribution in [1.29, 1.82) is 0 Å². The van der Waals surface area contributed by atoms with Gasteiger partial charge in [0.2, 0.25) is 11.1 Å². The highest BCUT2D eigenvalue weighted by Gasteiger charge is 2.12. The summed E-state index contributed by atoms with van der Waals surface area (Å²) < 4.78 is 1.72. The van der Waals surface area contributed by atoms with Crippen molar-refractivity contribution < 1.29 is 0 Å². The third kappa shape index (κ3) is 2.15. The number of thioether (sulfide) groups is 1. The van der Waals surface area contributed by atoms with Crippen LogP contribution in [0.25, 0.3) is 5.69 Å². The van der Waals surface area contributed by atoms with E-state index in [0.717, 1.165) is 16.8 Å². The Morgan fingerprint density at radius 2 is 1.76 bits per heavy atom. The van der Waals surface area contributed by atoms with Crippen molar-refractivity contribution >= 4 is 17.7 Å². The summed E-state index contributed by atoms with van der Waals surface area (Å²) in [5, 5.41) is 5.09. The van der Waals surface area contributed by atoms with Crippen LogP contribution >= 0.6 is 11.8 Å². The van der Waals surface area contributed by atoms with Gasteiger partial charge in [-0.1, -0.05) is 29.5 Å². The first-order valence-electron chi connectivity index (χ1n) is 5.37. The minimum absolute atomic E-state index is 0.435. The van der Waals surface area contributed by atoms with E-state index >= 15 is 0 Å². The summed E-state index contributed by atoms with van der Waals surface area (Å²) in [5.41, 5.74) is 10.5. The first-order valence-corrected chi connectivity index (χ1v) is 6.60. The third-order valence-corrected chi connectivity index (χ3v) is 3.18. The second-order valence-corrected chi connectivity index (χ2v) is 4.89. The molecule has 1 heterocycles. The number of nitrogen functional groups attached to an aromatic ring is 1. The molecule has 5 heteroatoms. The zero-order chi connectivity index (χ0) is 12.6. The van der Waals surface area contributed by atoms with Crippen molar-refractivity contribution in [2.24, 2.45) is 0 Å². The molecule has 0 fully saturated rings. The van der Waals surface area contributed by atoms with E-state index in [1.54, 1.807) is 4.68 Å². The molecule has 1 aromatic heterocycles. The van der Waals surface area contributed by atoms with Crippen molar-refractivity contribution in [3.05, 3.63) is 28.8 Å². The standard InChI is InChI=1S/C12H16N4S/c1-7-5-8(2)10(9(3)6-7)16-11(13)14-12(15-16)17-4/h5-6H,1-4H3,(H2,13,14,15). The van der Waals surface area contributed by atoms with E-state index in [1.165, 1.54) is 17.3 Å². The van der Waals surface area contributed by atoms with Crippen molar-refractivity contribution in [2.45, 2.75) is 25.9 Å². The lowest BCUT2D eigenvalue weighted by Gasteiger charge is -2.11. The summed E-state index contributed by atoms with van der Waals surface area (Å²) >= 11 is 1.49. The summed E-state index contributed by atoms with van der Waals surface area (Å²) in [7, 11) is 0. The Bertz CT molecular complexity index is 537. The van der Waals surface area contributed by atoms with Crippen LogP contribution < -0.4 is 5.73 Å². The summed E-state index contributed by atoms with van der Waals surface area (Å²) in [5.74, 6) is 0.435. The van der Waals surface area contributed by atoms with Crippen LogP contribution in [0, 0.1) is 20.8 Å². The molecule has 4 nitrogen and oxygen atoms in total. The smallest absolute Gasteiger partial charge is 0.224 e. The number of hydrogen-bond acceptors (Lipinski definition) is 4. The number of hydrogen-bond donors (Lipinski definition) is 1. The lowest BCUT2D eigenvalue weighted by Crippen LogP contribution is -2.06. The van der Waals surface area contributed by atoms with Crippen LogP contribution in [0.3, 0.4) is 0 Å². The lowest BCUT2D eigenvalue weighted by molar-refractivity contribution is 0.829. The highest BCUT2D eigenvalue weighted by molar-refractivity contribution is 7.98. The molecule has 0 amide bonds. The van der Waals surface area contributed by atoms with Crippen LogP contribution in [0.15, 0.2) is 17.3 Å². The van der Waals surface area contributed by atoms with E-state index in [0.29, 0.717) is 11.1 Å². The van der Waals surface area contributed by atoms with Gasteiger partial charge in [-0.3, -0.25) is 0 Å². The van der Waals surface area contributed by atoms with Gasteiger partial charge in [-0.25, -0.2) is 0 Å². The van der Waals surface area contributed by atoms with Gasteiger partial charge in [0.1, 0.15) is 0 Å². The number of nitrogens with zero attached hydrogens (tertiary/aromatic N) is 3. The van der Waals surface area contributed by atoms with Gasteiger partial charge in [0.25, 0.3) is 0 Å². The van der Waals surface area contributed by atoms with Crippen molar-refractivity contribution in [1.82, 2.24) is 14.8 Å². The zero-order valence-electron chi connectivity index (χ0n) is 10.5. The zero-order valence-corrected chi connectivity index (χ0v) is 11.3. The number of aromatic nitrogens is 3. The van der Waals surface area contributed by atoms with Crippen molar-refractivity contribution in [2.75, 3.05) is 12.0 Å². The second kappa shape index (κ2) is 4.41. The van der Waals surface area contributed by atoms with E-state index in [2.05, 4.69) is 43.0 Å². The molecular formula is C12H16N4S. The fourth-order valence-electron chi connectivity index (χ4n) is 2.06. The van der Waals surface area contributed by atoms with Gasteiger partial charge in [-0.2, -0.15) is 9.67 Å². The Labute approximate surface area is 105 Å². The minimum Gasteiger partial charge on any atom is -0.368 e. The van der Waals surface area contributed by atoms with Crippen molar-refractivity contribution in [3.63, 3.8) is 0 Å². The average molecular weight is 248 g/mol. The van der Waals surface area contributed by atoms with E-state index in [4.69, 9.17) is 5.73 Å². The van der Waals surface area contributed by atoms with Crippen LogP contribution in [0.5, 0.6) is 0 Å². The molecule has 0 saturated heterocycles. The van der Waals surface area contributed by atoms with Crippen molar-refractivity contribution in [3.8, 4) is 5.69 Å². The maximum atomic E-state index is 5.90. The minimum atomic E-state index is 0.435. The molecule has 0 atom stereocenters. The maximum absolute atomic E-state index is 5.90. The van der Waals surface area contributed by atoms with Gasteiger partial charge in [-0.15, -0.1) is 5.10 Å². The summed E-state index contributed by atoms with van der Waals surface area (Å²) in [4.78, 5) is 4.20. The highest BCUT2D eigenvalue weighted by atomic mass is 32.2. The molecule has 1 aromatic carbocycles. The van der Waals surface area contributed by atoms with Gasteiger partial charge in [-0.05, 0) is 38.2 Å². The maximum Gasteiger partial charge on any atom is 0.224 e. The first kappa shape index (κ1) is 12.0. The van der Waals surface area contributed by atoms with Crippen LogP contribution in [0.2, 0.25) is 0 Å². The Hall–Kier alpha value is -1.49. The second-order valence-electron chi connectivity index (χ2n) is 4.12.